The van der Waals surface area contributed by atoms with Crippen molar-refractivity contribution in [2.45, 2.75) is 19.8 Å². The van der Waals surface area contributed by atoms with Crippen LogP contribution in [0.2, 0.25) is 0 Å². The third-order valence-electron chi connectivity index (χ3n) is 2.16. The van der Waals surface area contributed by atoms with E-state index < -0.39 is 0 Å². The summed E-state index contributed by atoms with van der Waals surface area (Å²) in [6, 6.07) is 6.13. The first-order chi connectivity index (χ1) is 6.75. The number of amides is 1. The normalized spacial score (nSPS) is 13.4. The first-order valence-electron chi connectivity index (χ1n) is 4.44. The highest BCUT2D eigenvalue weighted by atomic mass is 16.1. The highest BCUT2D eigenvalue weighted by molar-refractivity contribution is 5.93. The highest BCUT2D eigenvalue weighted by Gasteiger charge is 2.13. The van der Waals surface area contributed by atoms with E-state index in [1.54, 1.807) is 0 Å². The van der Waals surface area contributed by atoms with Gasteiger partial charge in [0.05, 0.1) is 0 Å². The molecular formula is C11H13NO2. The maximum Gasteiger partial charge on any atom is 0.224 e. The fourth-order valence-electron chi connectivity index (χ4n) is 1.51. The summed E-state index contributed by atoms with van der Waals surface area (Å²) in [4.78, 5) is 19.0. The van der Waals surface area contributed by atoms with Gasteiger partial charge in [-0.25, -0.2) is 0 Å². The monoisotopic (exact) mass is 191 g/mol. The van der Waals surface area contributed by atoms with Gasteiger partial charge in [-0.3, -0.25) is 4.79 Å². The largest absolute Gasteiger partial charge is 0.326 e. The van der Waals surface area contributed by atoms with Crippen LogP contribution in [-0.4, -0.2) is 12.7 Å². The van der Waals surface area contributed by atoms with Gasteiger partial charge in [0, 0.05) is 12.1 Å². The number of fused-ring (bicyclic) bond motifs is 1. The lowest BCUT2D eigenvalue weighted by Gasteiger charge is -2.16. The summed E-state index contributed by atoms with van der Waals surface area (Å²) >= 11 is 0. The first kappa shape index (κ1) is 10.4. The smallest absolute Gasteiger partial charge is 0.224 e. The van der Waals surface area contributed by atoms with Crippen molar-refractivity contribution in [1.82, 2.24) is 0 Å². The van der Waals surface area contributed by atoms with Crippen molar-refractivity contribution in [3.05, 3.63) is 29.3 Å². The summed E-state index contributed by atoms with van der Waals surface area (Å²) in [5.41, 5.74) is 3.50. The average molecular weight is 191 g/mol. The molecule has 0 saturated heterocycles. The molecular weight excluding hydrogens is 178 g/mol. The molecule has 0 unspecified atom stereocenters. The molecule has 1 amide bonds. The molecule has 1 heterocycles. The number of aryl methyl sites for hydroxylation is 2. The molecule has 1 aliphatic heterocycles. The summed E-state index contributed by atoms with van der Waals surface area (Å²) in [6.45, 7) is 4.07. The molecule has 1 aliphatic rings. The van der Waals surface area contributed by atoms with Gasteiger partial charge in [0.1, 0.15) is 6.79 Å². The maximum absolute atomic E-state index is 11.0. The molecule has 0 radical (unpaired) electrons. The van der Waals surface area contributed by atoms with Crippen LogP contribution in [-0.2, 0) is 16.0 Å². The zero-order valence-corrected chi connectivity index (χ0v) is 8.17. The van der Waals surface area contributed by atoms with E-state index in [1.165, 1.54) is 11.1 Å². The second-order valence-corrected chi connectivity index (χ2v) is 3.21. The van der Waals surface area contributed by atoms with Crippen molar-refractivity contribution < 1.29 is 9.59 Å². The van der Waals surface area contributed by atoms with Crippen molar-refractivity contribution >= 4 is 18.4 Å². The zero-order valence-electron chi connectivity index (χ0n) is 8.17. The van der Waals surface area contributed by atoms with E-state index in [0.717, 1.165) is 12.1 Å². The van der Waals surface area contributed by atoms with Crippen LogP contribution in [0.1, 0.15) is 17.5 Å². The van der Waals surface area contributed by atoms with Crippen molar-refractivity contribution in [2.75, 3.05) is 5.32 Å². The molecule has 0 aliphatic carbocycles. The molecule has 74 valence electrons. The van der Waals surface area contributed by atoms with E-state index in [-0.39, 0.29) is 5.91 Å². The minimum Gasteiger partial charge on any atom is -0.326 e. The van der Waals surface area contributed by atoms with Crippen molar-refractivity contribution in [1.29, 1.82) is 0 Å². The third kappa shape index (κ3) is 2.19. The van der Waals surface area contributed by atoms with Gasteiger partial charge in [0.15, 0.2) is 0 Å². The lowest BCUT2D eigenvalue weighted by Crippen LogP contribution is -2.18. The summed E-state index contributed by atoms with van der Waals surface area (Å²) in [7, 11) is 0. The average Bonchev–Trinajstić information content (AvgIpc) is 2.21. The van der Waals surface area contributed by atoms with Crippen LogP contribution >= 0.6 is 0 Å². The first-order valence-corrected chi connectivity index (χ1v) is 4.44. The van der Waals surface area contributed by atoms with Crippen molar-refractivity contribution in [3.8, 4) is 0 Å². The second kappa shape index (κ2) is 4.56. The van der Waals surface area contributed by atoms with Gasteiger partial charge in [-0.2, -0.15) is 0 Å². The third-order valence-corrected chi connectivity index (χ3v) is 2.16. The summed E-state index contributed by atoms with van der Waals surface area (Å²) in [5, 5.41) is 2.85. The minimum absolute atomic E-state index is 0.131. The van der Waals surface area contributed by atoms with Crippen LogP contribution in [0.4, 0.5) is 5.69 Å². The van der Waals surface area contributed by atoms with Gasteiger partial charge in [0.2, 0.25) is 5.91 Å². The second-order valence-electron chi connectivity index (χ2n) is 3.21. The number of hydrogen-bond acceptors (Lipinski definition) is 2. The van der Waals surface area contributed by atoms with Crippen LogP contribution in [0, 0.1) is 6.92 Å². The molecule has 2 rings (SSSR count). The van der Waals surface area contributed by atoms with Crippen molar-refractivity contribution in [2.24, 2.45) is 0 Å². The molecule has 1 N–H and O–H groups in total. The Kier molecular flexibility index (Phi) is 3.40. The van der Waals surface area contributed by atoms with Crippen LogP contribution in [0.25, 0.3) is 0 Å². The van der Waals surface area contributed by atoms with Gasteiger partial charge >= 0.3 is 0 Å². The fourth-order valence-corrected chi connectivity index (χ4v) is 1.51. The Morgan fingerprint density at radius 2 is 2.00 bits per heavy atom. The van der Waals surface area contributed by atoms with E-state index in [0.29, 0.717) is 6.42 Å². The number of anilines is 1. The summed E-state index contributed by atoms with van der Waals surface area (Å²) < 4.78 is 0. The molecule has 0 fully saturated rings. The Bertz CT molecular complexity index is 347. The molecule has 3 nitrogen and oxygen atoms in total. The lowest BCUT2D eigenvalue weighted by atomic mass is 10.0. The molecule has 0 atom stereocenters. The Morgan fingerprint density at radius 1 is 1.29 bits per heavy atom. The quantitative estimate of drug-likeness (QED) is 0.678. The van der Waals surface area contributed by atoms with Gasteiger partial charge in [-0.15, -0.1) is 0 Å². The van der Waals surface area contributed by atoms with Gasteiger partial charge in [-0.05, 0) is 25.0 Å². The van der Waals surface area contributed by atoms with E-state index in [9.17, 15) is 4.79 Å². The van der Waals surface area contributed by atoms with Crippen LogP contribution in [0.5, 0.6) is 0 Å². The summed E-state index contributed by atoms with van der Waals surface area (Å²) in [5.74, 6) is 0.131. The molecule has 1 aromatic carbocycles. The molecule has 14 heavy (non-hydrogen) atoms. The highest BCUT2D eigenvalue weighted by Crippen LogP contribution is 2.22. The number of carbonyl (C=O) groups is 2. The number of benzene rings is 1. The SMILES string of the molecule is C=O.Cc1ccc2c(c1)CCC(=O)N2. The predicted octanol–water partition coefficient (Wildman–Crippen LogP) is 1.69. The van der Waals surface area contributed by atoms with E-state index in [4.69, 9.17) is 4.79 Å². The molecule has 0 aromatic heterocycles. The Hall–Kier alpha value is -1.64. The minimum atomic E-state index is 0.131. The summed E-state index contributed by atoms with van der Waals surface area (Å²) in [6.07, 6.45) is 1.50. The fraction of sp³-hybridized carbons (Fsp3) is 0.273. The van der Waals surface area contributed by atoms with E-state index in [2.05, 4.69) is 18.3 Å². The van der Waals surface area contributed by atoms with Crippen molar-refractivity contribution in [3.63, 3.8) is 0 Å². The molecule has 0 spiro atoms. The molecule has 0 saturated carbocycles. The lowest BCUT2D eigenvalue weighted by molar-refractivity contribution is -0.116. The van der Waals surface area contributed by atoms with Crippen LogP contribution in [0.15, 0.2) is 18.2 Å². The van der Waals surface area contributed by atoms with Gasteiger partial charge < -0.3 is 10.1 Å². The number of rotatable bonds is 0. The molecule has 0 bridgehead atoms. The molecule has 1 aromatic rings. The predicted molar refractivity (Wildman–Crippen MR) is 55.3 cm³/mol. The van der Waals surface area contributed by atoms with Crippen LogP contribution < -0.4 is 5.32 Å². The Morgan fingerprint density at radius 3 is 2.71 bits per heavy atom. The Balaban J connectivity index is 0.000000461. The van der Waals surface area contributed by atoms with E-state index in [1.807, 2.05) is 18.9 Å². The zero-order chi connectivity index (χ0) is 10.6. The van der Waals surface area contributed by atoms with E-state index >= 15 is 0 Å². The van der Waals surface area contributed by atoms with Crippen LogP contribution in [0.3, 0.4) is 0 Å². The Labute approximate surface area is 83.1 Å². The number of nitrogens with one attached hydrogen (secondary N) is 1. The van der Waals surface area contributed by atoms with Gasteiger partial charge in [0.25, 0.3) is 0 Å². The number of hydrogen-bond donors (Lipinski definition) is 1. The number of carbonyl (C=O) groups excluding carboxylic acids is 2. The molecule has 3 heteroatoms. The topological polar surface area (TPSA) is 46.2 Å². The standard InChI is InChI=1S/C10H11NO.CH2O/c1-7-2-4-9-8(6-7)3-5-10(12)11-9;1-2/h2,4,6H,3,5H2,1H3,(H,11,12);1H2. The maximum atomic E-state index is 11.0. The van der Waals surface area contributed by atoms with Gasteiger partial charge in [-0.1, -0.05) is 17.7 Å².